The lowest BCUT2D eigenvalue weighted by Gasteiger charge is -2.23. The smallest absolute Gasteiger partial charge is 0.351 e. The summed E-state index contributed by atoms with van der Waals surface area (Å²) in [6.45, 7) is 0. The monoisotopic (exact) mass is 410 g/mol. The van der Waals surface area contributed by atoms with Gasteiger partial charge in [0.2, 0.25) is 17.8 Å². The molecule has 0 saturated carbocycles. The minimum atomic E-state index is -4.57. The van der Waals surface area contributed by atoms with Crippen molar-refractivity contribution >= 4 is 35.3 Å². The van der Waals surface area contributed by atoms with Gasteiger partial charge in [0.1, 0.15) is 5.82 Å². The number of nitrogens with zero attached hydrogens (tertiary/aromatic N) is 1. The number of anilines is 3. The number of alkyl halides is 3. The summed E-state index contributed by atoms with van der Waals surface area (Å²) >= 11 is 0. The van der Waals surface area contributed by atoms with Crippen molar-refractivity contribution < 1.29 is 27.6 Å². The van der Waals surface area contributed by atoms with Crippen LogP contribution in [0.2, 0.25) is 0 Å². The van der Waals surface area contributed by atoms with E-state index in [1.54, 1.807) is 5.32 Å². The molecule has 2 aromatic rings. The number of aromatic nitrogens is 2. The highest BCUT2D eigenvalue weighted by atomic mass is 19.4. The van der Waals surface area contributed by atoms with E-state index in [1.807, 2.05) is 0 Å². The molecule has 10 nitrogen and oxygen atoms in total. The molecule has 0 spiro atoms. The number of halogens is 3. The first kappa shape index (κ1) is 19.9. The zero-order valence-corrected chi connectivity index (χ0v) is 14.4. The zero-order valence-electron chi connectivity index (χ0n) is 14.4. The highest BCUT2D eigenvalue weighted by molar-refractivity contribution is 6.04. The van der Waals surface area contributed by atoms with Crippen LogP contribution in [0.5, 0.6) is 0 Å². The Hall–Kier alpha value is -3.90. The fourth-order valence-electron chi connectivity index (χ4n) is 2.77. The van der Waals surface area contributed by atoms with E-state index in [2.05, 4.69) is 20.6 Å². The number of hydrogen-bond acceptors (Lipinski definition) is 6. The number of imide groups is 1. The molecule has 0 aliphatic carbocycles. The maximum Gasteiger partial charge on any atom is 0.416 e. The number of hydrogen-bond donors (Lipinski definition) is 5. The number of benzene rings is 1. The molecule has 1 aromatic heterocycles. The number of amides is 4. The highest BCUT2D eigenvalue weighted by Crippen LogP contribution is 2.32. The average molecular weight is 410 g/mol. The molecular weight excluding hydrogens is 397 g/mol. The first-order valence-corrected chi connectivity index (χ1v) is 8.03. The van der Waals surface area contributed by atoms with Gasteiger partial charge < -0.3 is 16.4 Å². The van der Waals surface area contributed by atoms with E-state index >= 15 is 0 Å². The molecule has 1 aliphatic rings. The summed E-state index contributed by atoms with van der Waals surface area (Å²) in [5.41, 5.74) is 2.91. The molecule has 0 bridgehead atoms. The predicted molar refractivity (Wildman–Crippen MR) is 93.3 cm³/mol. The van der Waals surface area contributed by atoms with E-state index in [0.29, 0.717) is 0 Å². The molecule has 0 radical (unpaired) electrons. The van der Waals surface area contributed by atoms with Gasteiger partial charge in [0.25, 0.3) is 5.56 Å². The van der Waals surface area contributed by atoms with Crippen LogP contribution in [0.1, 0.15) is 23.5 Å². The third-order valence-electron chi connectivity index (χ3n) is 3.97. The number of nitrogens with one attached hydrogen (secondary N) is 4. The van der Waals surface area contributed by atoms with Crippen molar-refractivity contribution in [1.29, 1.82) is 0 Å². The van der Waals surface area contributed by atoms with Crippen LogP contribution < -0.4 is 27.2 Å². The van der Waals surface area contributed by atoms with Crippen LogP contribution in [0.3, 0.4) is 0 Å². The molecule has 0 saturated heterocycles. The molecule has 6 N–H and O–H groups in total. The van der Waals surface area contributed by atoms with Crippen LogP contribution >= 0.6 is 0 Å². The summed E-state index contributed by atoms with van der Waals surface area (Å²) in [4.78, 5) is 53.5. The molecule has 13 heteroatoms. The van der Waals surface area contributed by atoms with E-state index in [9.17, 15) is 32.3 Å². The van der Waals surface area contributed by atoms with Crippen LogP contribution in [0.15, 0.2) is 29.1 Å². The topological polar surface area (TPSA) is 159 Å². The van der Waals surface area contributed by atoms with Gasteiger partial charge in [0.15, 0.2) is 0 Å². The van der Waals surface area contributed by atoms with E-state index in [4.69, 9.17) is 5.73 Å². The van der Waals surface area contributed by atoms with E-state index < -0.39 is 47.5 Å². The normalized spacial score (nSPS) is 15.8. The Labute approximate surface area is 159 Å². The van der Waals surface area contributed by atoms with E-state index in [1.165, 1.54) is 6.07 Å². The van der Waals surface area contributed by atoms with Gasteiger partial charge in [-0.05, 0) is 18.2 Å². The summed E-state index contributed by atoms with van der Waals surface area (Å²) in [5.74, 6) is -3.44. The van der Waals surface area contributed by atoms with Crippen molar-refractivity contribution in [3.05, 3.63) is 45.7 Å². The van der Waals surface area contributed by atoms with Crippen LogP contribution in [-0.2, 0) is 15.8 Å². The largest absolute Gasteiger partial charge is 0.416 e. The second-order valence-corrected chi connectivity index (χ2v) is 6.04. The molecule has 2 heterocycles. The Morgan fingerprint density at radius 3 is 2.62 bits per heavy atom. The number of carbonyl (C=O) groups excluding carboxylic acids is 3. The molecular formula is C16H13F3N6O4. The predicted octanol–water partition coefficient (Wildman–Crippen LogP) is 1.15. The van der Waals surface area contributed by atoms with Gasteiger partial charge in [-0.3, -0.25) is 24.7 Å². The minimum Gasteiger partial charge on any atom is -0.351 e. The maximum atomic E-state index is 12.8. The van der Waals surface area contributed by atoms with E-state index in [-0.39, 0.29) is 23.0 Å². The lowest BCUT2D eigenvalue weighted by atomic mass is 9.92. The number of carbonyl (C=O) groups is 3. The first-order chi connectivity index (χ1) is 13.5. The van der Waals surface area contributed by atoms with Crippen LogP contribution in [-0.4, -0.2) is 27.8 Å². The third kappa shape index (κ3) is 4.34. The van der Waals surface area contributed by atoms with Crippen LogP contribution in [0, 0.1) is 0 Å². The third-order valence-corrected chi connectivity index (χ3v) is 3.97. The van der Waals surface area contributed by atoms with Crippen LogP contribution in [0.4, 0.5) is 35.4 Å². The van der Waals surface area contributed by atoms with Gasteiger partial charge in [-0.1, -0.05) is 6.07 Å². The Balaban J connectivity index is 1.95. The van der Waals surface area contributed by atoms with Gasteiger partial charge in [-0.25, -0.2) is 4.79 Å². The Bertz CT molecular complexity index is 1070. The Kier molecular flexibility index (Phi) is 4.97. The second kappa shape index (κ2) is 7.26. The fraction of sp³-hybridized carbons (Fsp3) is 0.188. The van der Waals surface area contributed by atoms with Crippen molar-refractivity contribution in [3.63, 3.8) is 0 Å². The number of nitrogens with two attached hydrogens (primary N) is 1. The van der Waals surface area contributed by atoms with Crippen molar-refractivity contribution in [1.82, 2.24) is 15.3 Å². The minimum absolute atomic E-state index is 0.0203. The summed E-state index contributed by atoms with van der Waals surface area (Å²) in [7, 11) is 0. The quantitative estimate of drug-likeness (QED) is 0.510. The molecule has 29 heavy (non-hydrogen) atoms. The molecule has 1 aliphatic heterocycles. The number of aromatic amines is 1. The van der Waals surface area contributed by atoms with Crippen molar-refractivity contribution in [2.45, 2.75) is 18.5 Å². The summed E-state index contributed by atoms with van der Waals surface area (Å²) in [5, 5.41) is 6.61. The standard InChI is InChI=1S/C16H13F3N6O4/c17-16(18,19)6-2-1-3-7(4-6)21-15-23-11-10(13(28)25-15)8(5-9(26)22-11)12(27)24-14(20)29/h1-4,8H,5H2,(H3,20,24,27,29)(H3,21,22,23,25,26,28). The highest BCUT2D eigenvalue weighted by Gasteiger charge is 2.35. The van der Waals surface area contributed by atoms with Crippen LogP contribution in [0.25, 0.3) is 0 Å². The number of H-pyrrole nitrogens is 1. The van der Waals surface area contributed by atoms with Gasteiger partial charge in [0, 0.05) is 12.1 Å². The summed E-state index contributed by atoms with van der Waals surface area (Å²) < 4.78 is 38.5. The summed E-state index contributed by atoms with van der Waals surface area (Å²) in [6.07, 6.45) is -4.99. The number of rotatable bonds is 3. The van der Waals surface area contributed by atoms with Gasteiger partial charge in [-0.2, -0.15) is 18.2 Å². The van der Waals surface area contributed by atoms with Crippen molar-refractivity contribution in [2.75, 3.05) is 10.6 Å². The lowest BCUT2D eigenvalue weighted by molar-refractivity contribution is -0.137. The van der Waals surface area contributed by atoms with Gasteiger partial charge in [0.05, 0.1) is 17.0 Å². The molecule has 1 unspecified atom stereocenters. The zero-order chi connectivity index (χ0) is 21.3. The van der Waals surface area contributed by atoms with Crippen molar-refractivity contribution in [2.24, 2.45) is 5.73 Å². The SMILES string of the molecule is NC(=O)NC(=O)C1CC(=O)Nc2nc(Nc3cccc(C(F)(F)F)c3)[nH]c(=O)c21. The molecule has 1 atom stereocenters. The van der Waals surface area contributed by atoms with Gasteiger partial charge >= 0.3 is 12.2 Å². The maximum absolute atomic E-state index is 12.8. The molecule has 152 valence electrons. The Morgan fingerprint density at radius 2 is 1.97 bits per heavy atom. The Morgan fingerprint density at radius 1 is 1.24 bits per heavy atom. The summed E-state index contributed by atoms with van der Waals surface area (Å²) in [6, 6.07) is 3.00. The molecule has 1 aromatic carbocycles. The number of primary amides is 1. The first-order valence-electron chi connectivity index (χ1n) is 8.03. The second-order valence-electron chi connectivity index (χ2n) is 6.04. The van der Waals surface area contributed by atoms with Gasteiger partial charge in [-0.15, -0.1) is 0 Å². The molecule has 0 fully saturated rings. The van der Waals surface area contributed by atoms with E-state index in [0.717, 1.165) is 18.2 Å². The fourth-order valence-corrected chi connectivity index (χ4v) is 2.77. The average Bonchev–Trinajstić information content (AvgIpc) is 2.59. The lowest BCUT2D eigenvalue weighted by Crippen LogP contribution is -2.43. The number of urea groups is 1. The number of fused-ring (bicyclic) bond motifs is 1. The molecule has 3 rings (SSSR count). The molecule has 4 amide bonds. The van der Waals surface area contributed by atoms with Crippen molar-refractivity contribution in [3.8, 4) is 0 Å².